The Bertz CT molecular complexity index is 295. The SMILES string of the molecule is N.O=C1CCCCCCCCCCCCCCC1[N+](=O)[O-]. The van der Waals surface area contributed by atoms with Crippen molar-refractivity contribution in [3.63, 3.8) is 0 Å². The molecule has 0 aromatic heterocycles. The first kappa shape index (κ1) is 20.0. The first-order chi connectivity index (χ1) is 9.72. The summed E-state index contributed by atoms with van der Waals surface area (Å²) in [6, 6.07) is -0.942. The van der Waals surface area contributed by atoms with Crippen LogP contribution >= 0.6 is 0 Å². The molecule has 0 aliphatic heterocycles. The molecule has 5 heteroatoms. The zero-order valence-corrected chi connectivity index (χ0v) is 13.4. The van der Waals surface area contributed by atoms with Gasteiger partial charge in [0.2, 0.25) is 5.78 Å². The Kier molecular flexibility index (Phi) is 12.2. The lowest BCUT2D eigenvalue weighted by Crippen LogP contribution is -2.29. The van der Waals surface area contributed by atoms with Gasteiger partial charge in [-0.25, -0.2) is 0 Å². The third-order valence-electron chi connectivity index (χ3n) is 4.28. The quantitative estimate of drug-likeness (QED) is 0.553. The first-order valence-electron chi connectivity index (χ1n) is 8.38. The third kappa shape index (κ3) is 9.56. The smallest absolute Gasteiger partial charge is 0.270 e. The highest BCUT2D eigenvalue weighted by atomic mass is 16.6. The summed E-state index contributed by atoms with van der Waals surface area (Å²) in [5, 5.41) is 11.0. The number of rotatable bonds is 1. The van der Waals surface area contributed by atoms with Crippen LogP contribution in [0.25, 0.3) is 0 Å². The van der Waals surface area contributed by atoms with E-state index < -0.39 is 6.04 Å². The first-order valence-corrected chi connectivity index (χ1v) is 8.38. The van der Waals surface area contributed by atoms with Crippen molar-refractivity contribution in [2.45, 2.75) is 95.9 Å². The highest BCUT2D eigenvalue weighted by Gasteiger charge is 2.27. The van der Waals surface area contributed by atoms with E-state index in [2.05, 4.69) is 0 Å². The molecule has 0 bridgehead atoms. The van der Waals surface area contributed by atoms with Crippen LogP contribution in [0.3, 0.4) is 0 Å². The average Bonchev–Trinajstić information content (AvgIpc) is 2.41. The molecule has 0 heterocycles. The topological polar surface area (TPSA) is 95.2 Å². The van der Waals surface area contributed by atoms with E-state index in [0.29, 0.717) is 12.8 Å². The summed E-state index contributed by atoms with van der Waals surface area (Å²) in [5.41, 5.74) is 0. The van der Waals surface area contributed by atoms with E-state index in [1.807, 2.05) is 0 Å². The van der Waals surface area contributed by atoms with Crippen molar-refractivity contribution in [1.82, 2.24) is 6.15 Å². The van der Waals surface area contributed by atoms with E-state index >= 15 is 0 Å². The summed E-state index contributed by atoms with van der Waals surface area (Å²) in [6.07, 6.45) is 14.6. The molecule has 21 heavy (non-hydrogen) atoms. The summed E-state index contributed by atoms with van der Waals surface area (Å²) >= 11 is 0. The molecule has 124 valence electrons. The number of hydrogen-bond donors (Lipinski definition) is 1. The van der Waals surface area contributed by atoms with Crippen molar-refractivity contribution >= 4 is 5.78 Å². The van der Waals surface area contributed by atoms with Gasteiger partial charge in [-0.15, -0.1) is 0 Å². The number of hydrogen-bond acceptors (Lipinski definition) is 4. The Morgan fingerprint density at radius 1 is 0.762 bits per heavy atom. The fourth-order valence-electron chi connectivity index (χ4n) is 2.96. The molecule has 0 amide bonds. The molecule has 1 aliphatic carbocycles. The van der Waals surface area contributed by atoms with E-state index in [4.69, 9.17) is 0 Å². The van der Waals surface area contributed by atoms with Crippen LogP contribution in [0.1, 0.15) is 89.9 Å². The van der Waals surface area contributed by atoms with Gasteiger partial charge in [-0.2, -0.15) is 0 Å². The minimum Gasteiger partial charge on any atom is -0.344 e. The Balaban J connectivity index is 0.00000400. The molecule has 1 aliphatic rings. The van der Waals surface area contributed by atoms with Crippen LogP contribution < -0.4 is 6.15 Å². The van der Waals surface area contributed by atoms with Gasteiger partial charge in [-0.3, -0.25) is 14.9 Å². The lowest BCUT2D eigenvalue weighted by atomic mass is 9.98. The molecule has 1 unspecified atom stereocenters. The molecular formula is C16H32N2O3. The Labute approximate surface area is 128 Å². The van der Waals surface area contributed by atoms with Crippen LogP contribution in [0.4, 0.5) is 0 Å². The largest absolute Gasteiger partial charge is 0.344 e. The fraction of sp³-hybridized carbons (Fsp3) is 0.938. The number of ketones is 1. The molecule has 1 fully saturated rings. The maximum atomic E-state index is 11.9. The molecule has 0 saturated heterocycles. The number of carbonyl (C=O) groups is 1. The predicted octanol–water partition coefficient (Wildman–Crippen LogP) is 4.84. The molecule has 1 saturated carbocycles. The van der Waals surface area contributed by atoms with Gasteiger partial charge in [0.1, 0.15) is 0 Å². The highest BCUT2D eigenvalue weighted by molar-refractivity contribution is 5.82. The molecule has 5 nitrogen and oxygen atoms in total. The Morgan fingerprint density at radius 2 is 1.14 bits per heavy atom. The van der Waals surface area contributed by atoms with E-state index in [0.717, 1.165) is 38.5 Å². The van der Waals surface area contributed by atoms with Crippen molar-refractivity contribution in [2.24, 2.45) is 0 Å². The van der Waals surface area contributed by atoms with Gasteiger partial charge in [0.25, 0.3) is 6.04 Å². The third-order valence-corrected chi connectivity index (χ3v) is 4.28. The van der Waals surface area contributed by atoms with Crippen LogP contribution in [0.5, 0.6) is 0 Å². The second-order valence-corrected chi connectivity index (χ2v) is 6.05. The van der Waals surface area contributed by atoms with Crippen LogP contribution in [0.15, 0.2) is 0 Å². The fourth-order valence-corrected chi connectivity index (χ4v) is 2.96. The predicted molar refractivity (Wildman–Crippen MR) is 85.4 cm³/mol. The Hall–Kier alpha value is -0.970. The maximum absolute atomic E-state index is 11.9. The molecule has 0 aromatic carbocycles. The molecule has 1 atom stereocenters. The van der Waals surface area contributed by atoms with E-state index in [1.165, 1.54) is 38.5 Å². The van der Waals surface area contributed by atoms with Gasteiger partial charge in [-0.05, 0) is 12.8 Å². The van der Waals surface area contributed by atoms with Gasteiger partial charge < -0.3 is 6.15 Å². The summed E-state index contributed by atoms with van der Waals surface area (Å²) in [4.78, 5) is 22.5. The number of nitrogens with zero attached hydrogens (tertiary/aromatic N) is 1. The van der Waals surface area contributed by atoms with E-state index in [9.17, 15) is 14.9 Å². The summed E-state index contributed by atoms with van der Waals surface area (Å²) < 4.78 is 0. The second-order valence-electron chi connectivity index (χ2n) is 6.05. The van der Waals surface area contributed by atoms with Crippen LogP contribution in [0.2, 0.25) is 0 Å². The highest BCUT2D eigenvalue weighted by Crippen LogP contribution is 2.16. The zero-order chi connectivity index (χ0) is 14.6. The molecular weight excluding hydrogens is 268 g/mol. The molecule has 1 rings (SSSR count). The standard InChI is InChI=1S/C16H29NO3.H3N/c18-16-14-12-10-8-6-4-2-1-3-5-7-9-11-13-15(16)17(19)20;/h15H,1-14H2;1H3. The number of carbonyl (C=O) groups excluding carboxylic acids is 1. The van der Waals surface area contributed by atoms with Crippen molar-refractivity contribution < 1.29 is 9.72 Å². The van der Waals surface area contributed by atoms with Crippen molar-refractivity contribution in [3.8, 4) is 0 Å². The van der Waals surface area contributed by atoms with E-state index in [1.54, 1.807) is 0 Å². The lowest BCUT2D eigenvalue weighted by molar-refractivity contribution is -0.508. The normalized spacial score (nSPS) is 24.0. The molecule has 0 radical (unpaired) electrons. The average molecular weight is 300 g/mol. The molecule has 3 N–H and O–H groups in total. The van der Waals surface area contributed by atoms with E-state index in [-0.39, 0.29) is 16.9 Å². The monoisotopic (exact) mass is 300 g/mol. The second kappa shape index (κ2) is 12.7. The minimum absolute atomic E-state index is 0. The van der Waals surface area contributed by atoms with Gasteiger partial charge in [0.05, 0.1) is 0 Å². The lowest BCUT2D eigenvalue weighted by Gasteiger charge is -2.09. The Morgan fingerprint density at radius 3 is 1.57 bits per heavy atom. The van der Waals surface area contributed by atoms with Crippen LogP contribution in [-0.4, -0.2) is 16.7 Å². The van der Waals surface area contributed by atoms with Gasteiger partial charge in [0, 0.05) is 17.8 Å². The van der Waals surface area contributed by atoms with Gasteiger partial charge in [-0.1, -0.05) is 64.2 Å². The van der Waals surface area contributed by atoms with Crippen molar-refractivity contribution in [2.75, 3.05) is 0 Å². The van der Waals surface area contributed by atoms with Gasteiger partial charge in [0.15, 0.2) is 0 Å². The molecule has 0 spiro atoms. The van der Waals surface area contributed by atoms with Crippen LogP contribution in [0, 0.1) is 10.1 Å². The van der Waals surface area contributed by atoms with Crippen molar-refractivity contribution in [1.29, 1.82) is 0 Å². The van der Waals surface area contributed by atoms with Crippen molar-refractivity contribution in [3.05, 3.63) is 10.1 Å². The summed E-state index contributed by atoms with van der Waals surface area (Å²) in [5.74, 6) is -0.151. The summed E-state index contributed by atoms with van der Waals surface area (Å²) in [6.45, 7) is 0. The maximum Gasteiger partial charge on any atom is 0.270 e. The zero-order valence-electron chi connectivity index (χ0n) is 13.4. The summed E-state index contributed by atoms with van der Waals surface area (Å²) in [7, 11) is 0. The van der Waals surface area contributed by atoms with Gasteiger partial charge >= 0.3 is 0 Å². The number of Topliss-reactive ketones (excluding diaryl/α,β-unsaturated/α-hetero) is 1. The minimum atomic E-state index is -0.942. The number of nitro groups is 1. The molecule has 0 aromatic rings. The van der Waals surface area contributed by atoms with Crippen LogP contribution in [-0.2, 0) is 4.79 Å².